The highest BCUT2D eigenvalue weighted by atomic mass is 79.9. The number of ketones is 1. The monoisotopic (exact) mass is 417 g/mol. The van der Waals surface area contributed by atoms with Crippen molar-refractivity contribution in [2.75, 3.05) is 6.61 Å². The van der Waals surface area contributed by atoms with Crippen LogP contribution in [0.4, 0.5) is 0 Å². The predicted molar refractivity (Wildman–Crippen MR) is 89.4 cm³/mol. The van der Waals surface area contributed by atoms with Crippen molar-refractivity contribution in [1.29, 1.82) is 0 Å². The Labute approximate surface area is 159 Å². The minimum absolute atomic E-state index is 0. The first-order valence-corrected chi connectivity index (χ1v) is 7.81. The van der Waals surface area contributed by atoms with Crippen LogP contribution < -0.4 is 27.2 Å². The maximum Gasteiger partial charge on any atom is 0.347 e. The highest BCUT2D eigenvalue weighted by Crippen LogP contribution is 2.12. The average Bonchev–Trinajstić information content (AvgIpc) is 2.61. The number of pyridine rings is 1. The molecule has 0 saturated heterocycles. The second-order valence-corrected chi connectivity index (χ2v) is 5.39. The summed E-state index contributed by atoms with van der Waals surface area (Å²) < 4.78 is 11.7. The van der Waals surface area contributed by atoms with Crippen LogP contribution in [-0.4, -0.2) is 18.4 Å². The first kappa shape index (κ1) is 19.5. The summed E-state index contributed by atoms with van der Waals surface area (Å²) in [7, 11) is 0. The Morgan fingerprint density at radius 3 is 2.69 bits per heavy atom. The Morgan fingerprint density at radius 2 is 1.92 bits per heavy atom. The molecule has 2 heterocycles. The van der Waals surface area contributed by atoms with Gasteiger partial charge in [-0.1, -0.05) is 18.2 Å². The molecule has 0 atom stereocenters. The van der Waals surface area contributed by atoms with Crippen LogP contribution in [0.3, 0.4) is 0 Å². The number of carbonyl (C=O) groups is 2. The van der Waals surface area contributed by atoms with E-state index in [0.29, 0.717) is 16.5 Å². The Hall–Kier alpha value is -2.80. The van der Waals surface area contributed by atoms with Gasteiger partial charge in [-0.2, -0.15) is 4.57 Å². The highest BCUT2D eigenvalue weighted by Gasteiger charge is 2.19. The third-order valence-corrected chi connectivity index (χ3v) is 3.64. The van der Waals surface area contributed by atoms with Crippen LogP contribution in [0, 0.1) is 0 Å². The van der Waals surface area contributed by atoms with Crippen LogP contribution in [0.1, 0.15) is 27.6 Å². The van der Waals surface area contributed by atoms with E-state index in [2.05, 4.69) is 0 Å². The van der Waals surface area contributed by atoms with Crippen molar-refractivity contribution in [2.24, 2.45) is 0 Å². The number of fused-ring (bicyclic) bond motifs is 1. The molecule has 0 amide bonds. The lowest BCUT2D eigenvalue weighted by molar-refractivity contribution is -0.683. The number of esters is 1. The third kappa shape index (κ3) is 4.23. The average molecular weight is 418 g/mol. The molecule has 0 unspecified atom stereocenters. The Bertz CT molecular complexity index is 1010. The molecule has 26 heavy (non-hydrogen) atoms. The summed E-state index contributed by atoms with van der Waals surface area (Å²) in [6, 6.07) is 11.8. The van der Waals surface area contributed by atoms with Crippen LogP contribution in [0.25, 0.3) is 11.0 Å². The highest BCUT2D eigenvalue weighted by molar-refractivity contribution is 5.97. The van der Waals surface area contributed by atoms with Gasteiger partial charge in [-0.3, -0.25) is 4.79 Å². The number of hydrogen-bond donors (Lipinski definition) is 0. The molecule has 3 rings (SSSR count). The summed E-state index contributed by atoms with van der Waals surface area (Å²) in [4.78, 5) is 36.3. The van der Waals surface area contributed by atoms with Gasteiger partial charge in [-0.05, 0) is 25.1 Å². The van der Waals surface area contributed by atoms with E-state index in [9.17, 15) is 14.4 Å². The van der Waals surface area contributed by atoms with Crippen LogP contribution in [0.2, 0.25) is 0 Å². The van der Waals surface area contributed by atoms with Gasteiger partial charge in [0.1, 0.15) is 16.7 Å². The molecule has 0 aliphatic carbocycles. The SMILES string of the molecule is CCOC(=O)c1ccc[n+](CC(=O)c2cc3ccccc3oc2=O)c1.[Br-]. The number of rotatable bonds is 5. The lowest BCUT2D eigenvalue weighted by Gasteiger charge is -2.02. The molecule has 0 radical (unpaired) electrons. The van der Waals surface area contributed by atoms with E-state index in [-0.39, 0.29) is 35.7 Å². The molecular weight excluding hydrogens is 402 g/mol. The Kier molecular flexibility index (Phi) is 6.41. The normalized spacial score (nSPS) is 10.2. The van der Waals surface area contributed by atoms with E-state index in [4.69, 9.17) is 9.15 Å². The van der Waals surface area contributed by atoms with E-state index in [1.807, 2.05) is 0 Å². The van der Waals surface area contributed by atoms with E-state index in [1.165, 1.54) is 16.8 Å². The van der Waals surface area contributed by atoms with Crippen molar-refractivity contribution in [3.63, 3.8) is 0 Å². The molecular formula is C19H16BrNO5. The molecule has 0 saturated carbocycles. The molecule has 0 spiro atoms. The number of halogens is 1. The number of nitrogens with zero attached hydrogens (tertiary/aromatic N) is 1. The smallest absolute Gasteiger partial charge is 0.347 e. The van der Waals surface area contributed by atoms with Gasteiger partial charge in [0, 0.05) is 11.5 Å². The lowest BCUT2D eigenvalue weighted by Crippen LogP contribution is -3.00. The Balaban J connectivity index is 0.00000243. The number of aromatic nitrogens is 1. The first-order chi connectivity index (χ1) is 12.1. The maximum atomic E-state index is 12.5. The zero-order valence-corrected chi connectivity index (χ0v) is 15.6. The summed E-state index contributed by atoms with van der Waals surface area (Å²) in [5, 5.41) is 0.677. The number of carbonyl (C=O) groups excluding carboxylic acids is 2. The molecule has 0 fully saturated rings. The van der Waals surface area contributed by atoms with Crippen molar-refractivity contribution >= 4 is 22.7 Å². The van der Waals surface area contributed by atoms with Gasteiger partial charge in [0.05, 0.1) is 6.61 Å². The summed E-state index contributed by atoms with van der Waals surface area (Å²) in [5.41, 5.74) is 0.0716. The van der Waals surface area contributed by atoms with Crippen LogP contribution >= 0.6 is 0 Å². The predicted octanol–water partition coefficient (Wildman–Crippen LogP) is -0.856. The fourth-order valence-electron chi connectivity index (χ4n) is 2.46. The van der Waals surface area contributed by atoms with Gasteiger partial charge >= 0.3 is 11.6 Å². The van der Waals surface area contributed by atoms with Crippen LogP contribution in [0.5, 0.6) is 0 Å². The molecule has 0 N–H and O–H groups in total. The molecule has 0 bridgehead atoms. The van der Waals surface area contributed by atoms with Gasteiger partial charge in [0.25, 0.3) is 0 Å². The largest absolute Gasteiger partial charge is 1.00 e. The van der Waals surface area contributed by atoms with E-state index in [1.54, 1.807) is 49.5 Å². The fraction of sp³-hybridized carbons (Fsp3) is 0.158. The molecule has 6 nitrogen and oxygen atoms in total. The van der Waals surface area contributed by atoms with Gasteiger partial charge in [0.15, 0.2) is 12.4 Å². The molecule has 2 aromatic heterocycles. The van der Waals surface area contributed by atoms with E-state index >= 15 is 0 Å². The number of benzene rings is 1. The quantitative estimate of drug-likeness (QED) is 0.234. The number of Topliss-reactive ketones (excluding diaryl/α,β-unsaturated/α-hetero) is 1. The van der Waals surface area contributed by atoms with Gasteiger partial charge in [-0.15, -0.1) is 0 Å². The molecule has 3 aromatic rings. The molecule has 7 heteroatoms. The fourth-order valence-corrected chi connectivity index (χ4v) is 2.46. The molecule has 0 aliphatic heterocycles. The van der Waals surface area contributed by atoms with E-state index in [0.717, 1.165) is 0 Å². The first-order valence-electron chi connectivity index (χ1n) is 7.81. The second kappa shape index (κ2) is 8.53. The maximum absolute atomic E-state index is 12.5. The van der Waals surface area contributed by atoms with Crippen molar-refractivity contribution in [3.8, 4) is 0 Å². The van der Waals surface area contributed by atoms with Crippen molar-refractivity contribution in [2.45, 2.75) is 13.5 Å². The second-order valence-electron chi connectivity index (χ2n) is 5.39. The van der Waals surface area contributed by atoms with Crippen LogP contribution in [-0.2, 0) is 11.3 Å². The topological polar surface area (TPSA) is 77.5 Å². The van der Waals surface area contributed by atoms with Crippen molar-refractivity contribution in [1.82, 2.24) is 0 Å². The number of hydrogen-bond acceptors (Lipinski definition) is 5. The Morgan fingerprint density at radius 1 is 1.15 bits per heavy atom. The standard InChI is InChI=1S/C19H16NO5.BrH/c1-2-24-18(22)14-7-5-9-20(11-14)12-16(21)15-10-13-6-3-4-8-17(13)25-19(15)23;/h3-11H,2,12H2,1H3;1H/q+1;/p-1. The number of ether oxygens (including phenoxy) is 1. The summed E-state index contributed by atoms with van der Waals surface area (Å²) in [6.07, 6.45) is 3.15. The zero-order chi connectivity index (χ0) is 17.8. The minimum Gasteiger partial charge on any atom is -1.00 e. The van der Waals surface area contributed by atoms with E-state index < -0.39 is 17.4 Å². The molecule has 134 valence electrons. The molecule has 1 aromatic carbocycles. The van der Waals surface area contributed by atoms with Gasteiger partial charge < -0.3 is 26.1 Å². The minimum atomic E-state index is -0.675. The lowest BCUT2D eigenvalue weighted by atomic mass is 10.1. The molecule has 0 aliphatic rings. The summed E-state index contributed by atoms with van der Waals surface area (Å²) in [6.45, 7) is 1.90. The summed E-state index contributed by atoms with van der Waals surface area (Å²) in [5.74, 6) is -0.861. The number of para-hydroxylation sites is 1. The van der Waals surface area contributed by atoms with Gasteiger partial charge in [-0.25, -0.2) is 9.59 Å². The van der Waals surface area contributed by atoms with Gasteiger partial charge in [0.2, 0.25) is 12.3 Å². The zero-order valence-electron chi connectivity index (χ0n) is 14.0. The van der Waals surface area contributed by atoms with Crippen LogP contribution in [0.15, 0.2) is 64.1 Å². The summed E-state index contributed by atoms with van der Waals surface area (Å²) >= 11 is 0. The third-order valence-electron chi connectivity index (χ3n) is 3.64. The van der Waals surface area contributed by atoms with Crippen molar-refractivity contribution in [3.05, 3.63) is 76.4 Å². The van der Waals surface area contributed by atoms with Crippen molar-refractivity contribution < 1.29 is 40.3 Å².